The van der Waals surface area contributed by atoms with Crippen LogP contribution in [0.25, 0.3) is 82.0 Å². The minimum absolute atomic E-state index is 0.916. The van der Waals surface area contributed by atoms with Crippen molar-refractivity contribution in [3.63, 3.8) is 0 Å². The molecule has 0 unspecified atom stereocenters. The summed E-state index contributed by atoms with van der Waals surface area (Å²) in [4.78, 5) is 3.71. The third kappa shape index (κ3) is 2.45. The number of hydrogen-bond donors (Lipinski definition) is 1. The second-order valence-corrected chi connectivity index (χ2v) is 9.86. The maximum absolute atomic E-state index is 6.54. The standard InChI is InChI=1S/C34H20N2O/c1-2-9-21(10-3-1)36-30-19-29-27(32-22-11-5-4-8-20(22)14-17-28(32)35-29)18-26(30)24-15-16-25-23-12-6-7-13-31(23)37-34(25)33(24)36/h1-19,35H. The molecule has 1 N–H and O–H groups in total. The Bertz CT molecular complexity index is 2350. The highest BCUT2D eigenvalue weighted by atomic mass is 16.3. The highest BCUT2D eigenvalue weighted by Crippen LogP contribution is 2.42. The van der Waals surface area contributed by atoms with E-state index in [1.54, 1.807) is 0 Å². The van der Waals surface area contributed by atoms with Crippen LogP contribution < -0.4 is 0 Å². The number of benzene rings is 6. The number of nitrogens with zero attached hydrogens (tertiary/aromatic N) is 1. The van der Waals surface area contributed by atoms with E-state index < -0.39 is 0 Å². The van der Waals surface area contributed by atoms with Crippen LogP contribution in [0.2, 0.25) is 0 Å². The second kappa shape index (κ2) is 6.80. The summed E-state index contributed by atoms with van der Waals surface area (Å²) in [6.07, 6.45) is 0. The van der Waals surface area contributed by atoms with Crippen LogP contribution in [0.15, 0.2) is 120 Å². The van der Waals surface area contributed by atoms with Crippen molar-refractivity contribution in [2.75, 3.05) is 0 Å². The van der Waals surface area contributed by atoms with Crippen LogP contribution >= 0.6 is 0 Å². The summed E-state index contributed by atoms with van der Waals surface area (Å²) >= 11 is 0. The van der Waals surface area contributed by atoms with Crippen LogP contribution in [-0.2, 0) is 0 Å². The summed E-state index contributed by atoms with van der Waals surface area (Å²) in [5.41, 5.74) is 7.54. The molecule has 6 aromatic carbocycles. The first-order chi connectivity index (χ1) is 18.3. The van der Waals surface area contributed by atoms with Gasteiger partial charge in [0.15, 0.2) is 5.58 Å². The molecular weight excluding hydrogens is 452 g/mol. The average Bonchev–Trinajstić information content (AvgIpc) is 3.61. The molecule has 0 fully saturated rings. The maximum atomic E-state index is 6.54. The van der Waals surface area contributed by atoms with Crippen molar-refractivity contribution in [2.24, 2.45) is 0 Å². The topological polar surface area (TPSA) is 33.9 Å². The summed E-state index contributed by atoms with van der Waals surface area (Å²) < 4.78 is 8.90. The largest absolute Gasteiger partial charge is 0.454 e. The molecule has 172 valence electrons. The number of hydrogen-bond acceptors (Lipinski definition) is 1. The fourth-order valence-corrected chi connectivity index (χ4v) is 6.29. The summed E-state index contributed by atoms with van der Waals surface area (Å²) in [7, 11) is 0. The first-order valence-corrected chi connectivity index (χ1v) is 12.6. The smallest absolute Gasteiger partial charge is 0.160 e. The second-order valence-electron chi connectivity index (χ2n) is 9.86. The molecule has 0 aliphatic carbocycles. The van der Waals surface area contributed by atoms with Gasteiger partial charge in [0.1, 0.15) is 5.58 Å². The number of H-pyrrole nitrogens is 1. The molecule has 3 nitrogen and oxygen atoms in total. The highest BCUT2D eigenvalue weighted by Gasteiger charge is 2.20. The number of rotatable bonds is 1. The monoisotopic (exact) mass is 472 g/mol. The lowest BCUT2D eigenvalue weighted by Crippen LogP contribution is -1.93. The molecule has 0 bridgehead atoms. The third-order valence-corrected chi connectivity index (χ3v) is 7.89. The van der Waals surface area contributed by atoms with Gasteiger partial charge in [-0.1, -0.05) is 72.8 Å². The van der Waals surface area contributed by atoms with E-state index in [1.165, 1.54) is 32.3 Å². The van der Waals surface area contributed by atoms with Gasteiger partial charge in [-0.15, -0.1) is 0 Å². The molecule has 0 saturated heterocycles. The van der Waals surface area contributed by atoms with E-state index in [2.05, 4.69) is 119 Å². The molecule has 0 spiro atoms. The van der Waals surface area contributed by atoms with E-state index in [1.807, 2.05) is 6.07 Å². The van der Waals surface area contributed by atoms with Gasteiger partial charge in [-0.3, -0.25) is 0 Å². The van der Waals surface area contributed by atoms with Crippen molar-refractivity contribution >= 4 is 76.3 Å². The van der Waals surface area contributed by atoms with E-state index in [-0.39, 0.29) is 0 Å². The Morgan fingerprint density at radius 1 is 0.541 bits per heavy atom. The number of furan rings is 1. The van der Waals surface area contributed by atoms with E-state index in [4.69, 9.17) is 4.42 Å². The van der Waals surface area contributed by atoms with Crippen molar-refractivity contribution in [3.05, 3.63) is 115 Å². The Balaban J connectivity index is 1.53. The predicted octanol–water partition coefficient (Wildman–Crippen LogP) is 9.47. The quantitative estimate of drug-likeness (QED) is 0.254. The lowest BCUT2D eigenvalue weighted by atomic mass is 10.0. The summed E-state index contributed by atoms with van der Waals surface area (Å²) in [6, 6.07) is 41.1. The summed E-state index contributed by atoms with van der Waals surface area (Å²) in [6.45, 7) is 0. The van der Waals surface area contributed by atoms with Gasteiger partial charge >= 0.3 is 0 Å². The molecule has 3 aromatic heterocycles. The van der Waals surface area contributed by atoms with E-state index in [0.29, 0.717) is 0 Å². The zero-order valence-electron chi connectivity index (χ0n) is 19.8. The number of para-hydroxylation sites is 2. The molecule has 0 aliphatic rings. The van der Waals surface area contributed by atoms with Crippen LogP contribution in [0.5, 0.6) is 0 Å². The van der Waals surface area contributed by atoms with Crippen molar-refractivity contribution < 1.29 is 4.42 Å². The van der Waals surface area contributed by atoms with E-state index in [0.717, 1.165) is 49.7 Å². The summed E-state index contributed by atoms with van der Waals surface area (Å²) in [5.74, 6) is 0. The Morgan fingerprint density at radius 2 is 1.32 bits per heavy atom. The van der Waals surface area contributed by atoms with Crippen molar-refractivity contribution in [1.29, 1.82) is 0 Å². The number of nitrogens with one attached hydrogen (secondary N) is 1. The fourth-order valence-electron chi connectivity index (χ4n) is 6.29. The zero-order chi connectivity index (χ0) is 24.1. The Morgan fingerprint density at radius 3 is 2.24 bits per heavy atom. The molecule has 0 radical (unpaired) electrons. The Kier molecular flexibility index (Phi) is 3.53. The number of fused-ring (bicyclic) bond motifs is 12. The third-order valence-electron chi connectivity index (χ3n) is 7.89. The van der Waals surface area contributed by atoms with Crippen LogP contribution in [0.4, 0.5) is 0 Å². The average molecular weight is 473 g/mol. The fraction of sp³-hybridized carbons (Fsp3) is 0. The Hall–Kier alpha value is -5.02. The van der Waals surface area contributed by atoms with Crippen LogP contribution in [0, 0.1) is 0 Å². The van der Waals surface area contributed by atoms with Gasteiger partial charge in [0.05, 0.1) is 11.0 Å². The van der Waals surface area contributed by atoms with Gasteiger partial charge in [0.2, 0.25) is 0 Å². The highest BCUT2D eigenvalue weighted by molar-refractivity contribution is 6.27. The van der Waals surface area contributed by atoms with Gasteiger partial charge in [-0.2, -0.15) is 0 Å². The minimum Gasteiger partial charge on any atom is -0.454 e. The van der Waals surface area contributed by atoms with E-state index >= 15 is 0 Å². The van der Waals surface area contributed by atoms with Gasteiger partial charge in [0.25, 0.3) is 0 Å². The van der Waals surface area contributed by atoms with Crippen molar-refractivity contribution in [2.45, 2.75) is 0 Å². The zero-order valence-corrected chi connectivity index (χ0v) is 19.8. The number of aromatic amines is 1. The minimum atomic E-state index is 0.916. The molecule has 0 aliphatic heterocycles. The molecule has 0 amide bonds. The molecule has 37 heavy (non-hydrogen) atoms. The molecule has 0 atom stereocenters. The predicted molar refractivity (Wildman–Crippen MR) is 155 cm³/mol. The number of aromatic nitrogens is 2. The van der Waals surface area contributed by atoms with Crippen molar-refractivity contribution in [1.82, 2.24) is 9.55 Å². The van der Waals surface area contributed by atoms with Crippen LogP contribution in [-0.4, -0.2) is 9.55 Å². The van der Waals surface area contributed by atoms with Gasteiger partial charge in [-0.25, -0.2) is 0 Å². The van der Waals surface area contributed by atoms with Gasteiger partial charge in [0, 0.05) is 49.0 Å². The lowest BCUT2D eigenvalue weighted by molar-refractivity contribution is 0.671. The molecule has 9 rings (SSSR count). The molecule has 3 heteroatoms. The first kappa shape index (κ1) is 19.2. The Labute approximate surface area is 211 Å². The first-order valence-electron chi connectivity index (χ1n) is 12.6. The van der Waals surface area contributed by atoms with Crippen LogP contribution in [0.1, 0.15) is 0 Å². The normalized spacial score (nSPS) is 12.3. The molecular formula is C34H20N2O. The van der Waals surface area contributed by atoms with E-state index in [9.17, 15) is 0 Å². The molecule has 9 aromatic rings. The molecule has 0 saturated carbocycles. The maximum Gasteiger partial charge on any atom is 0.160 e. The van der Waals surface area contributed by atoms with Crippen molar-refractivity contribution in [3.8, 4) is 5.69 Å². The molecule has 3 heterocycles. The SMILES string of the molecule is c1ccc(-n2c3cc4[nH]c5ccc6ccccc6c5c4cc3c3ccc4c5ccccc5oc4c32)cc1. The van der Waals surface area contributed by atoms with Gasteiger partial charge in [-0.05, 0) is 53.2 Å². The summed E-state index contributed by atoms with van der Waals surface area (Å²) in [5, 5.41) is 9.77. The van der Waals surface area contributed by atoms with Crippen LogP contribution in [0.3, 0.4) is 0 Å². The lowest BCUT2D eigenvalue weighted by Gasteiger charge is -2.08. The van der Waals surface area contributed by atoms with Gasteiger partial charge < -0.3 is 14.0 Å².